The van der Waals surface area contributed by atoms with E-state index in [9.17, 15) is 18.0 Å². The second-order valence-electron chi connectivity index (χ2n) is 9.23. The van der Waals surface area contributed by atoms with Crippen LogP contribution in [0.5, 0.6) is 0 Å². The van der Waals surface area contributed by atoms with Gasteiger partial charge in [-0.3, -0.25) is 4.79 Å². The SMILES string of the molecule is Cc1nc(N[C@H](C)c2cccc(C(F)(F)F)c2C)c(CC(=O)NC2(C)CC2)c(C2OCCO2)n1. The Morgan fingerprint density at radius 1 is 1.21 bits per heavy atom. The van der Waals surface area contributed by atoms with E-state index in [-0.39, 0.29) is 23.4 Å². The number of aromatic nitrogens is 2. The summed E-state index contributed by atoms with van der Waals surface area (Å²) in [5.74, 6) is 0.627. The van der Waals surface area contributed by atoms with E-state index in [2.05, 4.69) is 20.6 Å². The zero-order valence-electron chi connectivity index (χ0n) is 19.7. The van der Waals surface area contributed by atoms with E-state index in [1.807, 2.05) is 6.92 Å². The Labute approximate surface area is 196 Å². The summed E-state index contributed by atoms with van der Waals surface area (Å²) in [7, 11) is 0. The highest BCUT2D eigenvalue weighted by atomic mass is 19.4. The van der Waals surface area contributed by atoms with Gasteiger partial charge in [0, 0.05) is 11.1 Å². The van der Waals surface area contributed by atoms with Crippen molar-refractivity contribution >= 4 is 11.7 Å². The molecule has 34 heavy (non-hydrogen) atoms. The number of carbonyl (C=O) groups is 1. The van der Waals surface area contributed by atoms with Crippen LogP contribution in [-0.2, 0) is 26.9 Å². The van der Waals surface area contributed by atoms with Crippen LogP contribution in [0.3, 0.4) is 0 Å². The summed E-state index contributed by atoms with van der Waals surface area (Å²) in [4.78, 5) is 21.8. The predicted molar refractivity (Wildman–Crippen MR) is 119 cm³/mol. The summed E-state index contributed by atoms with van der Waals surface area (Å²) in [6.07, 6.45) is -3.35. The van der Waals surface area contributed by atoms with E-state index in [0.717, 1.165) is 18.9 Å². The molecule has 2 aliphatic rings. The van der Waals surface area contributed by atoms with Gasteiger partial charge in [-0.05, 0) is 57.7 Å². The molecule has 1 saturated heterocycles. The monoisotopic (exact) mass is 478 g/mol. The summed E-state index contributed by atoms with van der Waals surface area (Å²) in [6.45, 7) is 7.71. The van der Waals surface area contributed by atoms with Crippen LogP contribution in [0.25, 0.3) is 0 Å². The maximum absolute atomic E-state index is 13.4. The third kappa shape index (κ3) is 5.33. The van der Waals surface area contributed by atoms with Crippen LogP contribution in [0.4, 0.5) is 19.0 Å². The van der Waals surface area contributed by atoms with E-state index in [1.54, 1.807) is 19.9 Å². The van der Waals surface area contributed by atoms with Crippen molar-refractivity contribution in [1.82, 2.24) is 15.3 Å². The van der Waals surface area contributed by atoms with Crippen molar-refractivity contribution in [3.8, 4) is 0 Å². The lowest BCUT2D eigenvalue weighted by molar-refractivity contribution is -0.138. The quantitative estimate of drug-likeness (QED) is 0.608. The van der Waals surface area contributed by atoms with Gasteiger partial charge in [0.1, 0.15) is 17.3 Å². The molecule has 1 aromatic carbocycles. The number of rotatable bonds is 7. The van der Waals surface area contributed by atoms with Gasteiger partial charge in [0.2, 0.25) is 12.2 Å². The summed E-state index contributed by atoms with van der Waals surface area (Å²) >= 11 is 0. The molecule has 0 unspecified atom stereocenters. The Balaban J connectivity index is 1.68. The highest BCUT2D eigenvalue weighted by Gasteiger charge is 2.39. The zero-order chi connectivity index (χ0) is 24.7. The number of nitrogens with one attached hydrogen (secondary N) is 2. The van der Waals surface area contributed by atoms with E-state index in [4.69, 9.17) is 9.47 Å². The molecule has 2 N–H and O–H groups in total. The van der Waals surface area contributed by atoms with Gasteiger partial charge in [-0.2, -0.15) is 13.2 Å². The second kappa shape index (κ2) is 9.14. The maximum Gasteiger partial charge on any atom is 0.416 e. The summed E-state index contributed by atoms with van der Waals surface area (Å²) in [5, 5.41) is 6.25. The van der Waals surface area contributed by atoms with Crippen LogP contribution in [0.1, 0.15) is 72.8 Å². The van der Waals surface area contributed by atoms with Gasteiger partial charge in [0.05, 0.1) is 31.2 Å². The number of aryl methyl sites for hydroxylation is 1. The lowest BCUT2D eigenvalue weighted by atomic mass is 9.97. The van der Waals surface area contributed by atoms with Crippen molar-refractivity contribution in [3.63, 3.8) is 0 Å². The summed E-state index contributed by atoms with van der Waals surface area (Å²) in [5.41, 5.74) is 0.723. The molecule has 10 heteroatoms. The zero-order valence-corrected chi connectivity index (χ0v) is 19.7. The minimum Gasteiger partial charge on any atom is -0.363 e. The van der Waals surface area contributed by atoms with Gasteiger partial charge in [-0.1, -0.05) is 12.1 Å². The van der Waals surface area contributed by atoms with Crippen LogP contribution in [0.15, 0.2) is 18.2 Å². The Morgan fingerprint density at radius 2 is 1.88 bits per heavy atom. The number of nitrogens with zero attached hydrogens (tertiary/aromatic N) is 2. The predicted octanol–water partition coefficient (Wildman–Crippen LogP) is 4.54. The molecule has 1 amide bonds. The Bertz CT molecular complexity index is 1080. The van der Waals surface area contributed by atoms with Gasteiger partial charge in [-0.25, -0.2) is 9.97 Å². The number of ether oxygens (including phenoxy) is 2. The first kappa shape index (κ1) is 24.4. The number of amides is 1. The van der Waals surface area contributed by atoms with Crippen LogP contribution in [-0.4, -0.2) is 34.6 Å². The van der Waals surface area contributed by atoms with Crippen molar-refractivity contribution in [3.05, 3.63) is 52.0 Å². The van der Waals surface area contributed by atoms with Gasteiger partial charge < -0.3 is 20.1 Å². The molecule has 2 fully saturated rings. The molecule has 2 heterocycles. The topological polar surface area (TPSA) is 85.4 Å². The van der Waals surface area contributed by atoms with Crippen molar-refractivity contribution < 1.29 is 27.4 Å². The fourth-order valence-corrected chi connectivity index (χ4v) is 4.19. The number of carbonyl (C=O) groups excluding carboxylic acids is 1. The molecule has 7 nitrogen and oxygen atoms in total. The summed E-state index contributed by atoms with van der Waals surface area (Å²) in [6, 6.07) is 3.60. The Morgan fingerprint density at radius 3 is 2.50 bits per heavy atom. The fraction of sp³-hybridized carbons (Fsp3) is 0.542. The first-order valence-electron chi connectivity index (χ1n) is 11.3. The molecule has 0 radical (unpaired) electrons. The standard InChI is InChI=1S/C24H29F3N4O3/c1-13-16(6-5-7-18(13)24(25,26)27)14(2)28-21-17(12-19(32)31-23(4)8-9-23)20(29-15(3)30-21)22-33-10-11-34-22/h5-7,14,22H,8-12H2,1-4H3,(H,31,32)(H,28,29,30)/t14-/m1/s1. The number of alkyl halides is 3. The van der Waals surface area contributed by atoms with Gasteiger partial charge >= 0.3 is 6.18 Å². The minimum atomic E-state index is -4.45. The number of halogens is 3. The second-order valence-corrected chi connectivity index (χ2v) is 9.23. The third-order valence-corrected chi connectivity index (χ3v) is 6.28. The number of hydrogen-bond acceptors (Lipinski definition) is 6. The normalized spacial score (nSPS) is 18.6. The molecule has 2 aromatic rings. The lowest BCUT2D eigenvalue weighted by Crippen LogP contribution is -2.36. The highest BCUT2D eigenvalue weighted by molar-refractivity contribution is 5.81. The van der Waals surface area contributed by atoms with E-state index >= 15 is 0 Å². The molecule has 0 spiro atoms. The van der Waals surface area contributed by atoms with Crippen molar-refractivity contribution in [2.75, 3.05) is 18.5 Å². The molecular formula is C24H29F3N4O3. The molecule has 4 rings (SSSR count). The fourth-order valence-electron chi connectivity index (χ4n) is 4.19. The van der Waals surface area contributed by atoms with Crippen LogP contribution in [0.2, 0.25) is 0 Å². The molecule has 184 valence electrons. The van der Waals surface area contributed by atoms with E-state index in [1.165, 1.54) is 13.0 Å². The lowest BCUT2D eigenvalue weighted by Gasteiger charge is -2.24. The maximum atomic E-state index is 13.4. The van der Waals surface area contributed by atoms with Gasteiger partial charge in [0.25, 0.3) is 0 Å². The van der Waals surface area contributed by atoms with E-state index in [0.29, 0.717) is 41.7 Å². The van der Waals surface area contributed by atoms with Crippen molar-refractivity contribution in [2.45, 2.75) is 71.0 Å². The first-order valence-corrected chi connectivity index (χ1v) is 11.3. The first-order chi connectivity index (χ1) is 16.0. The Hall–Kier alpha value is -2.72. The minimum absolute atomic E-state index is 0.00888. The van der Waals surface area contributed by atoms with Crippen LogP contribution < -0.4 is 10.6 Å². The Kier molecular flexibility index (Phi) is 6.56. The number of benzene rings is 1. The molecule has 1 saturated carbocycles. The molecule has 0 bridgehead atoms. The van der Waals surface area contributed by atoms with Crippen molar-refractivity contribution in [1.29, 1.82) is 0 Å². The molecular weight excluding hydrogens is 449 g/mol. The average Bonchev–Trinajstić information content (AvgIpc) is 3.22. The largest absolute Gasteiger partial charge is 0.416 e. The molecule has 1 aliphatic heterocycles. The molecule has 1 atom stereocenters. The van der Waals surface area contributed by atoms with Crippen LogP contribution in [0, 0.1) is 13.8 Å². The third-order valence-electron chi connectivity index (χ3n) is 6.28. The average molecular weight is 479 g/mol. The smallest absolute Gasteiger partial charge is 0.363 e. The van der Waals surface area contributed by atoms with Gasteiger partial charge in [0.15, 0.2) is 0 Å². The van der Waals surface area contributed by atoms with Gasteiger partial charge in [-0.15, -0.1) is 0 Å². The highest BCUT2D eigenvalue weighted by Crippen LogP contribution is 2.37. The van der Waals surface area contributed by atoms with Crippen LogP contribution >= 0.6 is 0 Å². The number of anilines is 1. The summed E-state index contributed by atoms with van der Waals surface area (Å²) < 4.78 is 51.6. The molecule has 1 aliphatic carbocycles. The van der Waals surface area contributed by atoms with E-state index < -0.39 is 24.1 Å². The number of hydrogen-bond donors (Lipinski definition) is 2. The van der Waals surface area contributed by atoms with Crippen molar-refractivity contribution in [2.24, 2.45) is 0 Å². The molecule has 1 aromatic heterocycles.